The summed E-state index contributed by atoms with van der Waals surface area (Å²) in [6.45, 7) is 2.46. The zero-order valence-corrected chi connectivity index (χ0v) is 25.0. The second-order valence-electron chi connectivity index (χ2n) is 8.48. The molecular weight excluding hydrogens is 557 g/mol. The van der Waals surface area contributed by atoms with Crippen molar-refractivity contribution in [2.45, 2.75) is 25.4 Å². The molecule has 40 heavy (non-hydrogen) atoms. The van der Waals surface area contributed by atoms with Crippen molar-refractivity contribution in [1.82, 2.24) is 10.3 Å². The topological polar surface area (TPSA) is 153 Å². The molecule has 0 aliphatic carbocycles. The Hall–Kier alpha value is -2.65. The molecule has 4 rings (SSSR count). The zero-order chi connectivity index (χ0) is 26.6. The van der Waals surface area contributed by atoms with Crippen molar-refractivity contribution in [1.29, 1.82) is 0 Å². The van der Waals surface area contributed by atoms with Gasteiger partial charge in [0.05, 0.1) is 17.9 Å². The average Bonchev–Trinajstić information content (AvgIpc) is 3.24. The third-order valence-corrected chi connectivity index (χ3v) is 5.78. The summed E-state index contributed by atoms with van der Waals surface area (Å²) >= 11 is 0. The van der Waals surface area contributed by atoms with E-state index in [1.54, 1.807) is 18.2 Å². The summed E-state index contributed by atoms with van der Waals surface area (Å²) in [6, 6.07) is 15.2. The Labute approximate surface area is 271 Å². The molecule has 2 aromatic carbocycles. The van der Waals surface area contributed by atoms with E-state index in [1.807, 2.05) is 13.0 Å². The van der Waals surface area contributed by atoms with Gasteiger partial charge in [-0.3, -0.25) is 4.79 Å². The van der Waals surface area contributed by atoms with Gasteiger partial charge in [-0.15, -0.1) is 0 Å². The minimum Gasteiger partial charge on any atom is -0.870 e. The van der Waals surface area contributed by atoms with Crippen molar-refractivity contribution in [3.05, 3.63) is 95.7 Å². The van der Waals surface area contributed by atoms with Crippen LogP contribution in [0.5, 0.6) is 5.75 Å². The molecule has 0 saturated heterocycles. The predicted octanol–water partition coefficient (Wildman–Crippen LogP) is 2.76. The van der Waals surface area contributed by atoms with Gasteiger partial charge in [-0.2, -0.15) is 13.2 Å². The van der Waals surface area contributed by atoms with E-state index in [0.29, 0.717) is 35.5 Å². The summed E-state index contributed by atoms with van der Waals surface area (Å²) in [5.74, 6) is -0.675. The summed E-state index contributed by atoms with van der Waals surface area (Å²) in [5.41, 5.74) is 6.01. The minimum atomic E-state index is -4.90. The monoisotopic (exact) mass is 584 g/mol. The van der Waals surface area contributed by atoms with Gasteiger partial charge in [0, 0.05) is 41.9 Å². The van der Waals surface area contributed by atoms with Gasteiger partial charge in [0.1, 0.15) is 17.3 Å². The van der Waals surface area contributed by atoms with Crippen LogP contribution in [0.1, 0.15) is 24.1 Å². The molecule has 0 fully saturated rings. The Bertz CT molecular complexity index is 1350. The number of benzene rings is 2. The van der Waals surface area contributed by atoms with E-state index < -0.39 is 23.4 Å². The van der Waals surface area contributed by atoms with E-state index in [4.69, 9.17) is 10.5 Å². The number of rotatable bonds is 7. The molecule has 0 bridgehead atoms. The number of hydrogen-bond donors (Lipinski definition) is 2. The molecule has 13 heteroatoms. The number of hydrogen-bond acceptors (Lipinski definition) is 6. The number of aliphatic imine (C=N–C) groups is 1. The quantitative estimate of drug-likeness (QED) is 0.189. The molecule has 8 nitrogen and oxygen atoms in total. The number of fused-ring (bicyclic) bond motifs is 1. The van der Waals surface area contributed by atoms with E-state index in [9.17, 15) is 22.4 Å². The fourth-order valence-corrected chi connectivity index (χ4v) is 3.93. The van der Waals surface area contributed by atoms with Gasteiger partial charge >= 0.3 is 57.6 Å². The van der Waals surface area contributed by atoms with Gasteiger partial charge in [-0.1, -0.05) is 25.1 Å². The fourth-order valence-electron chi connectivity index (χ4n) is 3.93. The predicted molar refractivity (Wildman–Crippen MR) is 139 cm³/mol. The molecule has 1 aliphatic rings. The standard InChI is InChI=1S/C27H24F4N4O2.K.H2N.H2O/c1-16-15-37-24-21(16)13-20(34-23(24)17-7-9-18(28)10-8-17)11-12-33-26(36)22(14-32)25(27(29,30)31)35-19-5-3-2-4-6-19;;;/h2-10,13-14,16H,11-12,15,32H2,1H3,(H,33,36);;2*1H2/q;+1;-1;/p-1/b22-14+,35-25?;;;. The number of halogens is 4. The molecule has 0 radical (unpaired) electrons. The second-order valence-corrected chi connectivity index (χ2v) is 8.48. The number of carbonyl (C=O) groups excluding carboxylic acids is 1. The largest absolute Gasteiger partial charge is 1.00 e. The van der Waals surface area contributed by atoms with E-state index >= 15 is 0 Å². The Morgan fingerprint density at radius 2 is 1.82 bits per heavy atom. The molecule has 0 spiro atoms. The number of pyridine rings is 1. The number of alkyl halides is 3. The van der Waals surface area contributed by atoms with Crippen LogP contribution in [0, 0.1) is 5.82 Å². The Morgan fingerprint density at radius 3 is 2.42 bits per heavy atom. The summed E-state index contributed by atoms with van der Waals surface area (Å²) in [4.78, 5) is 20.9. The third-order valence-electron chi connectivity index (χ3n) is 5.78. The SMILES string of the molecule is CC1COc2c1cc(CCNC(=O)/C(=C/N)C(=Nc1ccccc1)C(F)(F)F)nc2-c1ccc(F)cc1.[K+].[NH2-].[OH-]. The molecule has 3 aromatic rings. The van der Waals surface area contributed by atoms with Crippen LogP contribution in [-0.2, 0) is 11.2 Å². The van der Waals surface area contributed by atoms with Crippen LogP contribution in [0.3, 0.4) is 0 Å². The van der Waals surface area contributed by atoms with Crippen LogP contribution in [0.25, 0.3) is 17.4 Å². The van der Waals surface area contributed by atoms with Crippen LogP contribution in [0.4, 0.5) is 23.2 Å². The van der Waals surface area contributed by atoms with Crippen LogP contribution < -0.4 is 67.2 Å². The Kier molecular flexibility index (Phi) is 13.6. The Morgan fingerprint density at radius 1 is 1.18 bits per heavy atom. The smallest absolute Gasteiger partial charge is 0.870 e. The zero-order valence-electron chi connectivity index (χ0n) is 21.9. The molecule has 1 atom stereocenters. The normalized spacial score (nSPS) is 14.6. The van der Waals surface area contributed by atoms with Crippen LogP contribution in [0.15, 0.2) is 77.4 Å². The fraction of sp³-hybridized carbons (Fsp3) is 0.222. The minimum absolute atomic E-state index is 0. The number of para-hydroxylation sites is 1. The summed E-state index contributed by atoms with van der Waals surface area (Å²) < 4.78 is 60.4. The Balaban J connectivity index is 0.00000267. The molecular formula is C27H27F4KN5O3-. The summed E-state index contributed by atoms with van der Waals surface area (Å²) in [5, 5.41) is 2.48. The van der Waals surface area contributed by atoms with Crippen LogP contribution in [0.2, 0.25) is 0 Å². The van der Waals surface area contributed by atoms with Crippen molar-refractivity contribution in [3.63, 3.8) is 0 Å². The van der Waals surface area contributed by atoms with E-state index in [2.05, 4.69) is 15.3 Å². The van der Waals surface area contributed by atoms with Gasteiger partial charge in [-0.05, 0) is 42.5 Å². The molecule has 208 valence electrons. The van der Waals surface area contributed by atoms with Gasteiger partial charge in [0.15, 0.2) is 5.71 Å². The third kappa shape index (κ3) is 8.43. The number of nitrogens with two attached hydrogens (primary N) is 2. The number of aromatic nitrogens is 1. The first-order valence-electron chi connectivity index (χ1n) is 11.5. The maximum Gasteiger partial charge on any atom is 1.00 e. The van der Waals surface area contributed by atoms with E-state index in [0.717, 1.165) is 5.56 Å². The van der Waals surface area contributed by atoms with Crippen molar-refractivity contribution >= 4 is 17.3 Å². The molecule has 1 aromatic heterocycles. The summed E-state index contributed by atoms with van der Waals surface area (Å²) in [7, 11) is 0. The van der Waals surface area contributed by atoms with Crippen LogP contribution >= 0.6 is 0 Å². The maximum atomic E-state index is 13.7. The molecule has 1 unspecified atom stereocenters. The van der Waals surface area contributed by atoms with Crippen molar-refractivity contribution in [3.8, 4) is 17.0 Å². The molecule has 0 saturated carbocycles. The number of ether oxygens (including phenoxy) is 1. The average molecular weight is 585 g/mol. The van der Waals surface area contributed by atoms with Crippen LogP contribution in [-0.4, -0.2) is 41.4 Å². The van der Waals surface area contributed by atoms with Crippen molar-refractivity contribution < 1.29 is 84.0 Å². The number of amides is 1. The van der Waals surface area contributed by atoms with Gasteiger partial charge in [0.25, 0.3) is 5.91 Å². The van der Waals surface area contributed by atoms with Gasteiger partial charge < -0.3 is 27.4 Å². The first kappa shape index (κ1) is 35.4. The van der Waals surface area contributed by atoms with E-state index in [1.165, 1.54) is 36.4 Å². The second kappa shape index (κ2) is 15.4. The molecule has 1 aliphatic heterocycles. The van der Waals surface area contributed by atoms with Gasteiger partial charge in [-0.25, -0.2) is 14.4 Å². The van der Waals surface area contributed by atoms with Gasteiger partial charge in [0.2, 0.25) is 0 Å². The number of nitrogens with one attached hydrogen (secondary N) is 1. The number of carbonyl (C=O) groups is 1. The molecule has 6 N–H and O–H groups in total. The molecule has 1 amide bonds. The van der Waals surface area contributed by atoms with Crippen molar-refractivity contribution in [2.75, 3.05) is 13.2 Å². The maximum absolute atomic E-state index is 13.7. The first-order valence-corrected chi connectivity index (χ1v) is 11.5. The van der Waals surface area contributed by atoms with Crippen molar-refractivity contribution in [2.24, 2.45) is 10.7 Å². The summed E-state index contributed by atoms with van der Waals surface area (Å²) in [6.07, 6.45) is -4.07. The van der Waals surface area contributed by atoms with E-state index in [-0.39, 0.29) is 93.4 Å². The first-order chi connectivity index (χ1) is 17.7. The molecule has 2 heterocycles. The number of nitrogens with zero attached hydrogens (tertiary/aromatic N) is 2.